The Morgan fingerprint density at radius 3 is 2.70 bits per heavy atom. The van der Waals surface area contributed by atoms with E-state index in [-0.39, 0.29) is 11.6 Å². The zero-order chi connectivity index (χ0) is 14.7. The number of rotatable bonds is 3. The van der Waals surface area contributed by atoms with E-state index in [0.29, 0.717) is 10.7 Å². The van der Waals surface area contributed by atoms with Crippen molar-refractivity contribution >= 4 is 33.2 Å². The number of nitriles is 1. The summed E-state index contributed by atoms with van der Waals surface area (Å²) in [5, 5.41) is 12.8. The van der Waals surface area contributed by atoms with Gasteiger partial charge >= 0.3 is 0 Å². The largest absolute Gasteiger partial charge is 0.377 e. The first-order valence-corrected chi connectivity index (χ1v) is 7.09. The molecule has 2 nitrogen and oxygen atoms in total. The minimum Gasteiger partial charge on any atom is -0.377 e. The van der Waals surface area contributed by atoms with Crippen molar-refractivity contribution in [1.29, 1.82) is 5.26 Å². The van der Waals surface area contributed by atoms with Crippen molar-refractivity contribution in [2.45, 2.75) is 13.0 Å². The van der Waals surface area contributed by atoms with Gasteiger partial charge in [0.1, 0.15) is 11.9 Å². The van der Waals surface area contributed by atoms with Crippen LogP contribution in [0.5, 0.6) is 0 Å². The second kappa shape index (κ2) is 6.25. The quantitative estimate of drug-likeness (QED) is 0.814. The molecule has 20 heavy (non-hydrogen) atoms. The van der Waals surface area contributed by atoms with Gasteiger partial charge in [0.15, 0.2) is 0 Å². The van der Waals surface area contributed by atoms with E-state index in [1.807, 2.05) is 31.2 Å². The van der Waals surface area contributed by atoms with Gasteiger partial charge in [-0.1, -0.05) is 33.6 Å². The highest BCUT2D eigenvalue weighted by Gasteiger charge is 2.12. The van der Waals surface area contributed by atoms with Crippen molar-refractivity contribution in [3.8, 4) is 6.07 Å². The van der Waals surface area contributed by atoms with Gasteiger partial charge in [-0.25, -0.2) is 4.39 Å². The molecule has 0 aliphatic rings. The van der Waals surface area contributed by atoms with Crippen LogP contribution in [0.3, 0.4) is 0 Å². The molecule has 5 heteroatoms. The average molecular weight is 354 g/mol. The Morgan fingerprint density at radius 1 is 1.30 bits per heavy atom. The zero-order valence-electron chi connectivity index (χ0n) is 10.6. The molecule has 0 bridgehead atoms. The number of anilines is 1. The molecule has 0 aromatic heterocycles. The molecule has 0 radical (unpaired) electrons. The van der Waals surface area contributed by atoms with E-state index in [0.717, 1.165) is 10.0 Å². The van der Waals surface area contributed by atoms with E-state index in [1.54, 1.807) is 6.07 Å². The van der Waals surface area contributed by atoms with Crippen molar-refractivity contribution in [1.82, 2.24) is 0 Å². The Bertz CT molecular complexity index is 682. The summed E-state index contributed by atoms with van der Waals surface area (Å²) >= 11 is 9.55. The maximum absolute atomic E-state index is 13.1. The number of benzene rings is 2. The topological polar surface area (TPSA) is 35.8 Å². The highest BCUT2D eigenvalue weighted by atomic mass is 79.9. The fraction of sp³-hybridized carbons (Fsp3) is 0.133. The monoisotopic (exact) mass is 352 g/mol. The zero-order valence-corrected chi connectivity index (χ0v) is 13.0. The van der Waals surface area contributed by atoms with Crippen LogP contribution in [0.25, 0.3) is 0 Å². The van der Waals surface area contributed by atoms with Crippen LogP contribution in [-0.4, -0.2) is 0 Å². The summed E-state index contributed by atoms with van der Waals surface area (Å²) in [4.78, 5) is 0. The van der Waals surface area contributed by atoms with Crippen LogP contribution in [0.1, 0.15) is 24.1 Å². The molecule has 0 aliphatic heterocycles. The minimum atomic E-state index is -0.429. The van der Waals surface area contributed by atoms with Gasteiger partial charge in [-0.05, 0) is 42.8 Å². The molecule has 2 rings (SSSR count). The molecule has 0 saturated carbocycles. The third-order valence-corrected chi connectivity index (χ3v) is 3.72. The van der Waals surface area contributed by atoms with Gasteiger partial charge in [0.05, 0.1) is 17.3 Å². The third kappa shape index (κ3) is 3.30. The van der Waals surface area contributed by atoms with E-state index in [9.17, 15) is 4.39 Å². The molecule has 0 amide bonds. The van der Waals surface area contributed by atoms with Crippen LogP contribution >= 0.6 is 27.5 Å². The molecule has 0 heterocycles. The van der Waals surface area contributed by atoms with Gasteiger partial charge in [0.2, 0.25) is 0 Å². The molecule has 2 aromatic rings. The molecular weight excluding hydrogens is 343 g/mol. The molecule has 0 fully saturated rings. The molecule has 1 N–H and O–H groups in total. The number of hydrogen-bond donors (Lipinski definition) is 1. The molecule has 0 spiro atoms. The number of halogens is 3. The molecule has 2 aromatic carbocycles. The van der Waals surface area contributed by atoms with Gasteiger partial charge in [-0.2, -0.15) is 5.26 Å². The highest BCUT2D eigenvalue weighted by molar-refractivity contribution is 9.10. The van der Waals surface area contributed by atoms with Gasteiger partial charge in [-0.3, -0.25) is 0 Å². The second-order valence-corrected chi connectivity index (χ2v) is 5.66. The Labute approximate surface area is 130 Å². The Morgan fingerprint density at radius 2 is 2.05 bits per heavy atom. The molecular formula is C15H11BrClFN2. The first-order valence-electron chi connectivity index (χ1n) is 5.92. The Kier molecular flexibility index (Phi) is 4.64. The summed E-state index contributed by atoms with van der Waals surface area (Å²) in [5.41, 5.74) is 1.76. The van der Waals surface area contributed by atoms with Crippen LogP contribution in [0.4, 0.5) is 10.1 Å². The first-order chi connectivity index (χ1) is 9.51. The van der Waals surface area contributed by atoms with Crippen LogP contribution in [0.2, 0.25) is 5.02 Å². The maximum Gasteiger partial charge on any atom is 0.124 e. The van der Waals surface area contributed by atoms with E-state index in [1.165, 1.54) is 12.1 Å². The maximum atomic E-state index is 13.1. The third-order valence-electron chi connectivity index (χ3n) is 2.90. The molecule has 1 unspecified atom stereocenters. The summed E-state index contributed by atoms with van der Waals surface area (Å²) in [6.07, 6.45) is 0. The molecule has 102 valence electrons. The van der Waals surface area contributed by atoms with Gasteiger partial charge in [0, 0.05) is 9.50 Å². The van der Waals surface area contributed by atoms with Gasteiger partial charge in [-0.15, -0.1) is 0 Å². The number of nitrogens with zero attached hydrogens (tertiary/aromatic N) is 1. The van der Waals surface area contributed by atoms with E-state index in [2.05, 4.69) is 21.2 Å². The van der Waals surface area contributed by atoms with Crippen LogP contribution < -0.4 is 5.32 Å². The Balaban J connectivity index is 2.28. The van der Waals surface area contributed by atoms with Crippen molar-refractivity contribution in [2.75, 3.05) is 5.32 Å². The van der Waals surface area contributed by atoms with Crippen molar-refractivity contribution < 1.29 is 4.39 Å². The van der Waals surface area contributed by atoms with Crippen LogP contribution in [0.15, 0.2) is 40.9 Å². The smallest absolute Gasteiger partial charge is 0.124 e. The predicted octanol–water partition coefficient (Wildman–Crippen LogP) is 5.29. The molecule has 1 atom stereocenters. The summed E-state index contributed by atoms with van der Waals surface area (Å²) in [6.45, 7) is 1.93. The van der Waals surface area contributed by atoms with Gasteiger partial charge in [0.25, 0.3) is 0 Å². The molecule has 0 saturated heterocycles. The fourth-order valence-electron chi connectivity index (χ4n) is 1.90. The number of hydrogen-bond acceptors (Lipinski definition) is 2. The normalized spacial score (nSPS) is 11.8. The summed E-state index contributed by atoms with van der Waals surface area (Å²) in [7, 11) is 0. The predicted molar refractivity (Wildman–Crippen MR) is 82.3 cm³/mol. The lowest BCUT2D eigenvalue weighted by atomic mass is 10.1. The van der Waals surface area contributed by atoms with Crippen LogP contribution in [0, 0.1) is 17.1 Å². The number of nitrogens with one attached hydrogen (secondary N) is 1. The van der Waals surface area contributed by atoms with Gasteiger partial charge < -0.3 is 5.32 Å². The lowest BCUT2D eigenvalue weighted by Gasteiger charge is -2.18. The van der Waals surface area contributed by atoms with E-state index < -0.39 is 5.82 Å². The average Bonchev–Trinajstić information content (AvgIpc) is 2.40. The standard InChI is InChI=1S/C15H11BrClFN2/c1-9(13-4-2-11(16)7-14(13)17)20-15-5-3-12(18)6-10(15)8-19/h2-7,9,20H,1H3. The van der Waals surface area contributed by atoms with E-state index >= 15 is 0 Å². The van der Waals surface area contributed by atoms with E-state index in [4.69, 9.17) is 16.9 Å². The second-order valence-electron chi connectivity index (χ2n) is 4.33. The lowest BCUT2D eigenvalue weighted by molar-refractivity contribution is 0.627. The fourth-order valence-corrected chi connectivity index (χ4v) is 2.74. The highest BCUT2D eigenvalue weighted by Crippen LogP contribution is 2.29. The SMILES string of the molecule is CC(Nc1ccc(F)cc1C#N)c1ccc(Br)cc1Cl. The first kappa shape index (κ1) is 14.8. The molecule has 0 aliphatic carbocycles. The van der Waals surface area contributed by atoms with Crippen molar-refractivity contribution in [2.24, 2.45) is 0 Å². The summed E-state index contributed by atoms with van der Waals surface area (Å²) < 4.78 is 14.0. The summed E-state index contributed by atoms with van der Waals surface area (Å²) in [6, 6.07) is 11.6. The van der Waals surface area contributed by atoms with Crippen molar-refractivity contribution in [3.05, 3.63) is 62.8 Å². The minimum absolute atomic E-state index is 0.104. The summed E-state index contributed by atoms with van der Waals surface area (Å²) in [5.74, 6) is -0.429. The van der Waals surface area contributed by atoms with Crippen molar-refractivity contribution in [3.63, 3.8) is 0 Å². The van der Waals surface area contributed by atoms with Crippen LogP contribution in [-0.2, 0) is 0 Å². The lowest BCUT2D eigenvalue weighted by Crippen LogP contribution is -2.08. The Hall–Kier alpha value is -1.57.